The summed E-state index contributed by atoms with van der Waals surface area (Å²) in [7, 11) is 0. The molecule has 3 N–H and O–H groups in total. The molecular formula is C29H50O5. The van der Waals surface area contributed by atoms with Crippen LogP contribution in [-0.4, -0.2) is 27.9 Å². The van der Waals surface area contributed by atoms with Crippen molar-refractivity contribution in [1.82, 2.24) is 0 Å². The summed E-state index contributed by atoms with van der Waals surface area (Å²) in [6.07, 6.45) is 26.5. The van der Waals surface area contributed by atoms with Gasteiger partial charge in [-0.25, -0.2) is 4.79 Å². The number of ether oxygens (including phenoxy) is 1. The number of carbonyl (C=O) groups excluding carboxylic acids is 1. The lowest BCUT2D eigenvalue weighted by molar-refractivity contribution is 0.0496. The number of aromatic hydroxyl groups is 3. The van der Waals surface area contributed by atoms with Gasteiger partial charge in [0.2, 0.25) is 0 Å². The Morgan fingerprint density at radius 2 is 0.912 bits per heavy atom. The number of rotatable bonds is 22. The van der Waals surface area contributed by atoms with E-state index in [2.05, 4.69) is 6.92 Å². The lowest BCUT2D eigenvalue weighted by atomic mass is 10.0. The zero-order chi connectivity index (χ0) is 24.9. The second-order valence-corrected chi connectivity index (χ2v) is 9.72. The number of carbonyl (C=O) groups is 1. The summed E-state index contributed by atoms with van der Waals surface area (Å²) in [6, 6.07) is 2.18. The molecule has 0 heterocycles. The Balaban J connectivity index is 1.81. The third-order valence-electron chi connectivity index (χ3n) is 6.54. The van der Waals surface area contributed by atoms with E-state index in [0.717, 1.165) is 31.4 Å². The maximum Gasteiger partial charge on any atom is 0.338 e. The molecule has 0 saturated carbocycles. The molecule has 1 rings (SSSR count). The van der Waals surface area contributed by atoms with Crippen molar-refractivity contribution >= 4 is 5.97 Å². The minimum Gasteiger partial charge on any atom is -0.504 e. The monoisotopic (exact) mass is 478 g/mol. The fraction of sp³-hybridized carbons (Fsp3) is 0.759. The zero-order valence-electron chi connectivity index (χ0n) is 21.7. The van der Waals surface area contributed by atoms with E-state index in [1.54, 1.807) is 0 Å². The molecule has 0 fully saturated rings. The zero-order valence-corrected chi connectivity index (χ0v) is 21.7. The maximum absolute atomic E-state index is 11.9. The van der Waals surface area contributed by atoms with Crippen LogP contribution in [-0.2, 0) is 4.74 Å². The van der Waals surface area contributed by atoms with Gasteiger partial charge in [-0.15, -0.1) is 0 Å². The van der Waals surface area contributed by atoms with Crippen LogP contribution in [0.25, 0.3) is 0 Å². The van der Waals surface area contributed by atoms with Crippen LogP contribution in [0.1, 0.15) is 146 Å². The number of esters is 1. The van der Waals surface area contributed by atoms with Crippen LogP contribution in [0.5, 0.6) is 17.2 Å². The lowest BCUT2D eigenvalue weighted by Gasteiger charge is -2.07. The van der Waals surface area contributed by atoms with Crippen LogP contribution in [0.15, 0.2) is 12.1 Å². The average Bonchev–Trinajstić information content (AvgIpc) is 2.83. The van der Waals surface area contributed by atoms with E-state index in [-0.39, 0.29) is 5.56 Å². The fourth-order valence-electron chi connectivity index (χ4n) is 4.33. The Kier molecular flexibility index (Phi) is 18.1. The van der Waals surface area contributed by atoms with Crippen LogP contribution in [0, 0.1) is 0 Å². The molecule has 0 saturated heterocycles. The van der Waals surface area contributed by atoms with E-state index in [1.807, 2.05) is 0 Å². The molecule has 0 radical (unpaired) electrons. The van der Waals surface area contributed by atoms with Crippen molar-refractivity contribution in [2.24, 2.45) is 0 Å². The van der Waals surface area contributed by atoms with Gasteiger partial charge < -0.3 is 20.1 Å². The van der Waals surface area contributed by atoms with Gasteiger partial charge in [0, 0.05) is 0 Å². The molecule has 1 aromatic carbocycles. The van der Waals surface area contributed by atoms with Gasteiger partial charge in [-0.2, -0.15) is 0 Å². The van der Waals surface area contributed by atoms with E-state index in [0.29, 0.717) is 6.61 Å². The molecule has 0 atom stereocenters. The van der Waals surface area contributed by atoms with Crippen LogP contribution < -0.4 is 0 Å². The first-order valence-electron chi connectivity index (χ1n) is 14.0. The molecule has 0 aliphatic rings. The molecule has 0 aromatic heterocycles. The van der Waals surface area contributed by atoms with Crippen molar-refractivity contribution in [3.05, 3.63) is 17.7 Å². The molecule has 5 heteroatoms. The predicted molar refractivity (Wildman–Crippen MR) is 140 cm³/mol. The average molecular weight is 479 g/mol. The smallest absolute Gasteiger partial charge is 0.338 e. The van der Waals surface area contributed by atoms with Gasteiger partial charge in [0.1, 0.15) is 0 Å². The summed E-state index contributed by atoms with van der Waals surface area (Å²) >= 11 is 0. The maximum atomic E-state index is 11.9. The van der Waals surface area contributed by atoms with Crippen molar-refractivity contribution in [1.29, 1.82) is 0 Å². The van der Waals surface area contributed by atoms with Crippen LogP contribution in [0.2, 0.25) is 0 Å². The van der Waals surface area contributed by atoms with Gasteiger partial charge in [0.05, 0.1) is 12.2 Å². The molecule has 1 aromatic rings. The van der Waals surface area contributed by atoms with Crippen molar-refractivity contribution in [2.75, 3.05) is 6.61 Å². The highest BCUT2D eigenvalue weighted by molar-refractivity contribution is 5.91. The normalized spacial score (nSPS) is 11.1. The summed E-state index contributed by atoms with van der Waals surface area (Å²) in [4.78, 5) is 11.9. The van der Waals surface area contributed by atoms with Crippen LogP contribution >= 0.6 is 0 Å². The Labute approximate surface area is 207 Å². The summed E-state index contributed by atoms with van der Waals surface area (Å²) in [5.41, 5.74) is 0.0287. The highest BCUT2D eigenvalue weighted by Crippen LogP contribution is 2.35. The molecule has 0 amide bonds. The molecular weight excluding hydrogens is 428 g/mol. The Morgan fingerprint density at radius 1 is 0.588 bits per heavy atom. The minimum absolute atomic E-state index is 0.0287. The van der Waals surface area contributed by atoms with E-state index in [9.17, 15) is 20.1 Å². The third-order valence-corrected chi connectivity index (χ3v) is 6.54. The van der Waals surface area contributed by atoms with Crippen molar-refractivity contribution in [3.8, 4) is 17.2 Å². The van der Waals surface area contributed by atoms with Crippen molar-refractivity contribution < 1.29 is 24.9 Å². The quantitative estimate of drug-likeness (QED) is 0.0880. The summed E-state index contributed by atoms with van der Waals surface area (Å²) < 4.78 is 5.17. The van der Waals surface area contributed by atoms with E-state index in [4.69, 9.17) is 4.74 Å². The summed E-state index contributed by atoms with van der Waals surface area (Å²) in [6.45, 7) is 2.60. The topological polar surface area (TPSA) is 87.0 Å². The van der Waals surface area contributed by atoms with E-state index >= 15 is 0 Å². The SMILES string of the molecule is CCCCCCCCCCCCCCCCCCCCCCOC(=O)c1cc(O)c(O)c(O)c1. The molecule has 0 bridgehead atoms. The van der Waals surface area contributed by atoms with Crippen LogP contribution in [0.4, 0.5) is 0 Å². The highest BCUT2D eigenvalue weighted by Gasteiger charge is 2.14. The molecule has 196 valence electrons. The van der Waals surface area contributed by atoms with E-state index in [1.165, 1.54) is 109 Å². The standard InChI is InChI=1S/C29H50O5/c1-2-3-4-5-6-7-8-9-10-11-12-13-14-15-16-17-18-19-20-21-22-34-29(33)25-23-26(30)28(32)27(31)24-25/h23-24,30-32H,2-22H2,1H3. The van der Waals surface area contributed by atoms with Crippen molar-refractivity contribution in [3.63, 3.8) is 0 Å². The van der Waals surface area contributed by atoms with Crippen LogP contribution in [0.3, 0.4) is 0 Å². The number of benzene rings is 1. The van der Waals surface area contributed by atoms with Gasteiger partial charge in [-0.05, 0) is 18.6 Å². The number of hydrogen-bond acceptors (Lipinski definition) is 5. The molecule has 0 unspecified atom stereocenters. The molecule has 0 spiro atoms. The molecule has 0 aliphatic carbocycles. The first kappa shape index (κ1) is 30.1. The highest BCUT2D eigenvalue weighted by atomic mass is 16.5. The van der Waals surface area contributed by atoms with Gasteiger partial charge in [-0.3, -0.25) is 0 Å². The summed E-state index contributed by atoms with van der Waals surface area (Å²) in [5.74, 6) is -2.31. The van der Waals surface area contributed by atoms with Gasteiger partial charge >= 0.3 is 5.97 Å². The molecule has 0 aliphatic heterocycles. The largest absolute Gasteiger partial charge is 0.504 e. The second kappa shape index (κ2) is 20.5. The van der Waals surface area contributed by atoms with Gasteiger partial charge in [0.25, 0.3) is 0 Å². The first-order chi connectivity index (χ1) is 16.6. The fourth-order valence-corrected chi connectivity index (χ4v) is 4.33. The first-order valence-corrected chi connectivity index (χ1v) is 14.0. The van der Waals surface area contributed by atoms with Crippen molar-refractivity contribution in [2.45, 2.75) is 135 Å². The molecule has 34 heavy (non-hydrogen) atoms. The predicted octanol–water partition coefficient (Wildman–Crippen LogP) is 8.78. The Bertz CT molecular complexity index is 620. The minimum atomic E-state index is -0.634. The van der Waals surface area contributed by atoms with Gasteiger partial charge in [-0.1, -0.05) is 129 Å². The molecule has 5 nitrogen and oxygen atoms in total. The Hall–Kier alpha value is -1.91. The number of phenolic OH excluding ortho intramolecular Hbond substituents is 3. The Morgan fingerprint density at radius 3 is 1.26 bits per heavy atom. The van der Waals surface area contributed by atoms with E-state index < -0.39 is 23.2 Å². The third kappa shape index (κ3) is 15.1. The number of hydrogen-bond donors (Lipinski definition) is 3. The summed E-state index contributed by atoms with van der Waals surface area (Å²) in [5, 5.41) is 28.2. The van der Waals surface area contributed by atoms with Gasteiger partial charge in [0.15, 0.2) is 17.2 Å². The second-order valence-electron chi connectivity index (χ2n) is 9.72. The lowest BCUT2D eigenvalue weighted by Crippen LogP contribution is -2.06. The number of unbranched alkanes of at least 4 members (excludes halogenated alkanes) is 19. The number of phenols is 3.